The van der Waals surface area contributed by atoms with Crippen LogP contribution in [0.5, 0.6) is 0 Å². The number of carbonyl (C=O) groups is 3. The van der Waals surface area contributed by atoms with Gasteiger partial charge in [0.1, 0.15) is 41.1 Å². The lowest BCUT2D eigenvalue weighted by Gasteiger charge is -2.33. The number of ether oxygens (including phenoxy) is 1. The highest BCUT2D eigenvalue weighted by atomic mass is 79.9. The first kappa shape index (κ1) is 35.5. The zero-order valence-corrected chi connectivity index (χ0v) is 29.8. The fourth-order valence-electron chi connectivity index (χ4n) is 6.58. The molecule has 6 rings (SSSR count). The van der Waals surface area contributed by atoms with Crippen LogP contribution in [0.15, 0.2) is 41.4 Å². The third kappa shape index (κ3) is 7.42. The lowest BCUT2D eigenvalue weighted by atomic mass is 9.83. The van der Waals surface area contributed by atoms with Gasteiger partial charge in [-0.3, -0.25) is 24.0 Å². The van der Waals surface area contributed by atoms with Gasteiger partial charge in [0.25, 0.3) is 5.92 Å². The van der Waals surface area contributed by atoms with Gasteiger partial charge in [0.2, 0.25) is 11.8 Å². The molecule has 0 aliphatic carbocycles. The van der Waals surface area contributed by atoms with Crippen LogP contribution in [0.25, 0.3) is 22.2 Å². The number of hydrogen-bond acceptors (Lipinski definition) is 10. The number of aryl methyl sites for hydroxylation is 2. The van der Waals surface area contributed by atoms with Crippen molar-refractivity contribution in [3.05, 3.63) is 58.5 Å². The van der Waals surface area contributed by atoms with Crippen LogP contribution >= 0.6 is 15.9 Å². The minimum Gasteiger partial charge on any atom is -0.375 e. The molecule has 0 radical (unpaired) electrons. The summed E-state index contributed by atoms with van der Waals surface area (Å²) in [6.07, 6.45) is 5.97. The maximum absolute atomic E-state index is 14.7. The second-order valence-electron chi connectivity index (χ2n) is 13.3. The van der Waals surface area contributed by atoms with Crippen molar-refractivity contribution in [2.45, 2.75) is 71.5 Å². The van der Waals surface area contributed by atoms with Gasteiger partial charge in [-0.2, -0.15) is 5.10 Å². The molecule has 3 atom stereocenters. The molecule has 0 unspecified atom stereocenters. The van der Waals surface area contributed by atoms with Crippen LogP contribution in [-0.4, -0.2) is 96.5 Å². The van der Waals surface area contributed by atoms with E-state index in [2.05, 4.69) is 51.6 Å². The van der Waals surface area contributed by atoms with Crippen LogP contribution in [0.1, 0.15) is 55.5 Å². The Morgan fingerprint density at radius 2 is 1.90 bits per heavy atom. The molecule has 13 nitrogen and oxygen atoms in total. The number of rotatable bonds is 4. The van der Waals surface area contributed by atoms with Crippen LogP contribution < -0.4 is 10.6 Å². The summed E-state index contributed by atoms with van der Waals surface area (Å²) in [5.74, 6) is -3.39. The van der Waals surface area contributed by atoms with E-state index in [4.69, 9.17) is 4.74 Å². The normalized spacial score (nSPS) is 23.0. The molecule has 16 heteroatoms. The second kappa shape index (κ2) is 14.2. The quantitative estimate of drug-likeness (QED) is 0.227. The lowest BCUT2D eigenvalue weighted by molar-refractivity contribution is -0.140. The summed E-state index contributed by atoms with van der Waals surface area (Å²) in [6, 6.07) is 3.72. The van der Waals surface area contributed by atoms with Gasteiger partial charge in [-0.1, -0.05) is 13.0 Å². The molecule has 0 aromatic carbocycles. The number of anilines is 1. The molecule has 2 amide bonds. The zero-order chi connectivity index (χ0) is 35.8. The Balaban J connectivity index is 1.34. The first-order chi connectivity index (χ1) is 23.7. The molecule has 6 heterocycles. The topological polar surface area (TPSA) is 157 Å². The Morgan fingerprint density at radius 3 is 2.64 bits per heavy atom. The van der Waals surface area contributed by atoms with Gasteiger partial charge in [-0.15, -0.1) is 0 Å². The molecule has 4 aromatic heterocycles. The van der Waals surface area contributed by atoms with E-state index in [9.17, 15) is 23.2 Å². The van der Waals surface area contributed by atoms with Crippen molar-refractivity contribution in [1.29, 1.82) is 0 Å². The van der Waals surface area contributed by atoms with Crippen LogP contribution in [-0.2, 0) is 27.3 Å². The summed E-state index contributed by atoms with van der Waals surface area (Å²) >= 11 is 3.37. The molecule has 2 aliphatic heterocycles. The Bertz CT molecular complexity index is 1940. The highest BCUT2D eigenvalue weighted by Gasteiger charge is 2.52. The number of Topliss-reactive ketones (excluding diaryl/α,β-unsaturated/α-hetero) is 1. The van der Waals surface area contributed by atoms with Crippen molar-refractivity contribution in [3.63, 3.8) is 0 Å². The molecular weight excluding hydrogens is 716 g/mol. The third-order valence-electron chi connectivity index (χ3n) is 9.46. The fraction of sp³-hybridized carbons (Fsp3) is 0.471. The molecule has 1 fully saturated rings. The summed E-state index contributed by atoms with van der Waals surface area (Å²) in [4.78, 5) is 60.0. The van der Waals surface area contributed by atoms with Crippen LogP contribution in [0.4, 0.5) is 14.6 Å². The van der Waals surface area contributed by atoms with Gasteiger partial charge in [0, 0.05) is 41.7 Å². The Hall–Kier alpha value is -4.28. The van der Waals surface area contributed by atoms with E-state index in [0.717, 1.165) is 5.56 Å². The molecule has 4 aromatic rings. The highest BCUT2D eigenvalue weighted by molar-refractivity contribution is 9.10. The molecule has 2 aliphatic rings. The lowest BCUT2D eigenvalue weighted by Crippen LogP contribution is -2.49. The van der Waals surface area contributed by atoms with E-state index >= 15 is 0 Å². The maximum Gasteiger partial charge on any atom is 0.283 e. The Morgan fingerprint density at radius 1 is 1.14 bits per heavy atom. The number of amides is 2. The predicted octanol–water partition coefficient (Wildman–Crippen LogP) is 4.38. The van der Waals surface area contributed by atoms with Crippen LogP contribution in [0.2, 0.25) is 0 Å². The van der Waals surface area contributed by atoms with Crippen molar-refractivity contribution in [3.8, 4) is 11.3 Å². The fourth-order valence-corrected chi connectivity index (χ4v) is 6.89. The van der Waals surface area contributed by atoms with Gasteiger partial charge < -0.3 is 20.3 Å². The molecular formula is C34H38BrF2N9O4. The summed E-state index contributed by atoms with van der Waals surface area (Å²) in [7, 11) is 0. The zero-order valence-electron chi connectivity index (χ0n) is 28.2. The van der Waals surface area contributed by atoms with Gasteiger partial charge in [-0.05, 0) is 73.3 Å². The summed E-state index contributed by atoms with van der Waals surface area (Å²) in [5, 5.41) is 10.7. The molecule has 2 N–H and O–H groups in total. The van der Waals surface area contributed by atoms with Crippen molar-refractivity contribution < 1.29 is 27.9 Å². The van der Waals surface area contributed by atoms with Gasteiger partial charge in [0.05, 0.1) is 30.6 Å². The SMILES string of the molecule is CC(=O)c1nn(CC(=O)N2[C@H]3C[C@](C)(COCC(F)(F)CNCCCc4ccc(Br)nc4NC3=O)[C@H]2C)c2cnc(-c3cnc(C)nc3)cc12. The standard InChI is InChI=1S/C34H38BrF2N9O4/c1-19(47)30-24-10-25(23-12-39-21(3)40-13-23)41-14-27(24)45(44-30)15-29(48)46-20(2)33(4)11-26(46)32(49)43-31-22(7-8-28(35)42-31)6-5-9-38-16-34(36,37)18-50-17-33/h7-8,10,12-14,20,26,38H,5-6,9,11,15-18H2,1-4H3,(H,42,43,49)/t20-,26+,33-/m1/s1. The minimum absolute atomic E-state index is 0.105. The number of halogens is 3. The number of alkyl halides is 2. The highest BCUT2D eigenvalue weighted by Crippen LogP contribution is 2.42. The smallest absolute Gasteiger partial charge is 0.283 e. The van der Waals surface area contributed by atoms with E-state index in [1.165, 1.54) is 22.7 Å². The number of ketones is 1. The average Bonchev–Trinajstić information content (AvgIpc) is 3.55. The number of nitrogens with one attached hydrogen (secondary N) is 2. The minimum atomic E-state index is -3.11. The number of carbonyl (C=O) groups excluding carboxylic acids is 3. The largest absolute Gasteiger partial charge is 0.375 e. The summed E-state index contributed by atoms with van der Waals surface area (Å²) < 4.78 is 37.0. The van der Waals surface area contributed by atoms with Crippen molar-refractivity contribution in [2.24, 2.45) is 5.41 Å². The van der Waals surface area contributed by atoms with Crippen LogP contribution in [0, 0.1) is 12.3 Å². The summed E-state index contributed by atoms with van der Waals surface area (Å²) in [6.45, 7) is 5.35. The second-order valence-corrected chi connectivity index (χ2v) is 14.1. The van der Waals surface area contributed by atoms with Gasteiger partial charge in [0.15, 0.2) is 5.78 Å². The van der Waals surface area contributed by atoms with Crippen molar-refractivity contribution in [2.75, 3.05) is 31.6 Å². The summed E-state index contributed by atoms with van der Waals surface area (Å²) in [5.41, 5.74) is 1.67. The van der Waals surface area contributed by atoms with Crippen LogP contribution in [0.3, 0.4) is 0 Å². The van der Waals surface area contributed by atoms with E-state index in [0.29, 0.717) is 57.8 Å². The van der Waals surface area contributed by atoms with Crippen molar-refractivity contribution >= 4 is 50.2 Å². The maximum atomic E-state index is 14.7. The molecule has 264 valence electrons. The molecule has 50 heavy (non-hydrogen) atoms. The van der Waals surface area contributed by atoms with E-state index in [1.54, 1.807) is 38.4 Å². The Labute approximate surface area is 295 Å². The number of likely N-dealkylation sites (tertiary alicyclic amines) is 1. The Kier molecular flexibility index (Phi) is 10.1. The number of aromatic nitrogens is 6. The molecule has 1 saturated heterocycles. The first-order valence-electron chi connectivity index (χ1n) is 16.3. The third-order valence-corrected chi connectivity index (χ3v) is 9.90. The number of pyridine rings is 2. The average molecular weight is 755 g/mol. The van der Waals surface area contributed by atoms with Crippen molar-refractivity contribution in [1.82, 2.24) is 39.9 Å². The predicted molar refractivity (Wildman–Crippen MR) is 184 cm³/mol. The van der Waals surface area contributed by atoms with E-state index < -0.39 is 48.4 Å². The first-order valence-corrected chi connectivity index (χ1v) is 17.1. The van der Waals surface area contributed by atoms with Gasteiger partial charge >= 0.3 is 0 Å². The number of fused-ring (bicyclic) bond motifs is 4. The number of hydrogen-bond donors (Lipinski definition) is 2. The van der Waals surface area contributed by atoms with Gasteiger partial charge in [-0.25, -0.2) is 23.7 Å². The number of nitrogens with zero attached hydrogens (tertiary/aromatic N) is 7. The van der Waals surface area contributed by atoms with E-state index in [-0.39, 0.29) is 31.0 Å². The van der Waals surface area contributed by atoms with E-state index in [1.807, 2.05) is 13.0 Å². The molecule has 0 spiro atoms. The molecule has 2 bridgehead atoms. The monoisotopic (exact) mass is 753 g/mol. The molecule has 0 saturated carbocycles.